The van der Waals surface area contributed by atoms with Gasteiger partial charge in [0.25, 0.3) is 5.91 Å². The Hall–Kier alpha value is -2.44. The van der Waals surface area contributed by atoms with Gasteiger partial charge in [0.1, 0.15) is 6.04 Å². The van der Waals surface area contributed by atoms with E-state index in [1.54, 1.807) is 18.2 Å². The number of amides is 1. The van der Waals surface area contributed by atoms with Gasteiger partial charge in [0.15, 0.2) is 0 Å². The van der Waals surface area contributed by atoms with Crippen LogP contribution in [0, 0.1) is 10.1 Å². The van der Waals surface area contributed by atoms with E-state index in [4.69, 9.17) is 5.11 Å². The molecule has 96 valence electrons. The molecule has 0 heterocycles. The predicted molar refractivity (Wildman–Crippen MR) is 61.4 cm³/mol. The van der Waals surface area contributed by atoms with Crippen LogP contribution in [-0.4, -0.2) is 27.9 Å². The van der Waals surface area contributed by atoms with Crippen molar-refractivity contribution in [2.75, 3.05) is 0 Å². The number of benzene rings is 1. The van der Waals surface area contributed by atoms with Gasteiger partial charge >= 0.3 is 12.0 Å². The van der Waals surface area contributed by atoms with Crippen molar-refractivity contribution in [1.29, 1.82) is 0 Å². The van der Waals surface area contributed by atoms with Crippen LogP contribution in [0.1, 0.15) is 18.5 Å². The van der Waals surface area contributed by atoms with Gasteiger partial charge in [0.2, 0.25) is 0 Å². The Bertz CT molecular complexity index is 460. The topological polar surface area (TPSA) is 110 Å². The summed E-state index contributed by atoms with van der Waals surface area (Å²) in [7, 11) is 0. The molecule has 0 bridgehead atoms. The third kappa shape index (κ3) is 3.27. The van der Waals surface area contributed by atoms with Crippen molar-refractivity contribution in [2.24, 2.45) is 0 Å². The number of aliphatic carboxylic acids is 1. The van der Waals surface area contributed by atoms with Crippen LogP contribution in [0.3, 0.4) is 0 Å². The SMILES string of the molecule is C[C@H](NC(=O)C(c1ccccc1)[N+](=O)[O-])C(=O)O. The monoisotopic (exact) mass is 252 g/mol. The first kappa shape index (κ1) is 13.6. The van der Waals surface area contributed by atoms with Crippen LogP contribution in [-0.2, 0) is 9.59 Å². The van der Waals surface area contributed by atoms with Crippen LogP contribution < -0.4 is 5.32 Å². The fourth-order valence-corrected chi connectivity index (χ4v) is 1.36. The highest BCUT2D eigenvalue weighted by atomic mass is 16.6. The Labute approximate surface area is 103 Å². The van der Waals surface area contributed by atoms with Crippen molar-refractivity contribution in [1.82, 2.24) is 5.32 Å². The highest BCUT2D eigenvalue weighted by Crippen LogP contribution is 2.16. The lowest BCUT2D eigenvalue weighted by molar-refractivity contribution is -0.513. The first-order valence-electron chi connectivity index (χ1n) is 5.15. The summed E-state index contributed by atoms with van der Waals surface area (Å²) < 4.78 is 0. The fourth-order valence-electron chi connectivity index (χ4n) is 1.36. The van der Waals surface area contributed by atoms with Crippen LogP contribution >= 0.6 is 0 Å². The molecule has 1 unspecified atom stereocenters. The molecule has 0 fully saturated rings. The van der Waals surface area contributed by atoms with Crippen LogP contribution in [0.5, 0.6) is 0 Å². The van der Waals surface area contributed by atoms with E-state index < -0.39 is 28.9 Å². The van der Waals surface area contributed by atoms with Gasteiger partial charge in [-0.1, -0.05) is 30.3 Å². The zero-order valence-corrected chi connectivity index (χ0v) is 9.57. The summed E-state index contributed by atoms with van der Waals surface area (Å²) in [5, 5.41) is 21.6. The maximum Gasteiger partial charge on any atom is 0.325 e. The van der Waals surface area contributed by atoms with Crippen molar-refractivity contribution in [3.05, 3.63) is 46.0 Å². The van der Waals surface area contributed by atoms with E-state index in [0.29, 0.717) is 0 Å². The molecule has 18 heavy (non-hydrogen) atoms. The summed E-state index contributed by atoms with van der Waals surface area (Å²) in [6.07, 6.45) is 0. The van der Waals surface area contributed by atoms with Gasteiger partial charge in [-0.2, -0.15) is 0 Å². The Kier molecular flexibility index (Phi) is 4.36. The van der Waals surface area contributed by atoms with Crippen LogP contribution in [0.15, 0.2) is 30.3 Å². The maximum atomic E-state index is 11.7. The van der Waals surface area contributed by atoms with Crippen LogP contribution in [0.2, 0.25) is 0 Å². The summed E-state index contributed by atoms with van der Waals surface area (Å²) in [4.78, 5) is 32.4. The van der Waals surface area contributed by atoms with Gasteiger partial charge in [-0.25, -0.2) is 0 Å². The fraction of sp³-hybridized carbons (Fsp3) is 0.273. The molecule has 1 amide bonds. The molecule has 0 saturated heterocycles. The number of rotatable bonds is 5. The highest BCUT2D eigenvalue weighted by Gasteiger charge is 2.33. The van der Waals surface area contributed by atoms with Crippen molar-refractivity contribution in [2.45, 2.75) is 19.0 Å². The first-order chi connectivity index (χ1) is 8.43. The minimum Gasteiger partial charge on any atom is -0.480 e. The molecule has 0 aliphatic heterocycles. The molecular weight excluding hydrogens is 240 g/mol. The first-order valence-corrected chi connectivity index (χ1v) is 5.15. The molecule has 0 aliphatic carbocycles. The third-order valence-corrected chi connectivity index (χ3v) is 2.30. The van der Waals surface area contributed by atoms with E-state index in [1.165, 1.54) is 19.1 Å². The summed E-state index contributed by atoms with van der Waals surface area (Å²) in [6, 6.07) is 4.91. The molecule has 0 spiro atoms. The number of carbonyl (C=O) groups is 2. The van der Waals surface area contributed by atoms with Gasteiger partial charge in [-0.05, 0) is 6.92 Å². The number of carboxylic acids is 1. The largest absolute Gasteiger partial charge is 0.480 e. The number of hydrogen-bond donors (Lipinski definition) is 2. The number of carboxylic acid groups (broad SMARTS) is 1. The van der Waals surface area contributed by atoms with E-state index in [9.17, 15) is 19.7 Å². The molecule has 0 aliphatic rings. The summed E-state index contributed by atoms with van der Waals surface area (Å²) >= 11 is 0. The standard InChI is InChI=1S/C11H12N2O5/c1-7(11(15)16)12-10(14)9(13(17)18)8-5-3-2-4-6-8/h2-7,9H,1H3,(H,12,14)(H,15,16)/t7-,9?/m0/s1. The average Bonchev–Trinajstić information content (AvgIpc) is 2.29. The summed E-state index contributed by atoms with van der Waals surface area (Å²) in [5.41, 5.74) is 0.206. The minimum atomic E-state index is -1.60. The normalized spacial score (nSPS) is 13.4. The lowest BCUT2D eigenvalue weighted by Gasteiger charge is -2.12. The zero-order chi connectivity index (χ0) is 13.7. The summed E-state index contributed by atoms with van der Waals surface area (Å²) in [6.45, 7) is 1.24. The van der Waals surface area contributed by atoms with E-state index >= 15 is 0 Å². The third-order valence-electron chi connectivity index (χ3n) is 2.30. The summed E-state index contributed by atoms with van der Waals surface area (Å²) in [5.74, 6) is -2.19. The lowest BCUT2D eigenvalue weighted by Crippen LogP contribution is -2.42. The molecule has 0 radical (unpaired) electrons. The molecule has 1 rings (SSSR count). The highest BCUT2D eigenvalue weighted by molar-refractivity contribution is 5.86. The zero-order valence-electron chi connectivity index (χ0n) is 9.57. The molecule has 7 nitrogen and oxygen atoms in total. The van der Waals surface area contributed by atoms with Crippen LogP contribution in [0.4, 0.5) is 0 Å². The van der Waals surface area contributed by atoms with Gasteiger partial charge in [-0.15, -0.1) is 0 Å². The van der Waals surface area contributed by atoms with Crippen molar-refractivity contribution >= 4 is 11.9 Å². The van der Waals surface area contributed by atoms with Gasteiger partial charge in [-0.3, -0.25) is 19.7 Å². The Balaban J connectivity index is 2.90. The van der Waals surface area contributed by atoms with E-state index in [-0.39, 0.29) is 5.56 Å². The number of hydrogen-bond acceptors (Lipinski definition) is 4. The number of nitrogens with one attached hydrogen (secondary N) is 1. The number of carbonyl (C=O) groups excluding carboxylic acids is 1. The Morgan fingerprint density at radius 3 is 2.33 bits per heavy atom. The Morgan fingerprint density at radius 2 is 1.89 bits per heavy atom. The lowest BCUT2D eigenvalue weighted by atomic mass is 10.1. The molecule has 0 aromatic heterocycles. The number of nitrogens with zero attached hydrogens (tertiary/aromatic N) is 1. The molecule has 7 heteroatoms. The minimum absolute atomic E-state index is 0.206. The van der Waals surface area contributed by atoms with E-state index in [1.807, 2.05) is 0 Å². The molecule has 2 atom stereocenters. The van der Waals surface area contributed by atoms with E-state index in [0.717, 1.165) is 0 Å². The van der Waals surface area contributed by atoms with Gasteiger partial charge in [0.05, 0.1) is 0 Å². The van der Waals surface area contributed by atoms with Crippen LogP contribution in [0.25, 0.3) is 0 Å². The predicted octanol–water partition coefficient (Wildman–Crippen LogP) is 0.594. The second kappa shape index (κ2) is 5.76. The maximum absolute atomic E-state index is 11.7. The van der Waals surface area contributed by atoms with Crippen molar-refractivity contribution in [3.8, 4) is 0 Å². The molecule has 1 aromatic rings. The molecule has 1 aromatic carbocycles. The average molecular weight is 252 g/mol. The van der Waals surface area contributed by atoms with Gasteiger partial charge in [0, 0.05) is 10.5 Å². The van der Waals surface area contributed by atoms with Crippen molar-refractivity contribution < 1.29 is 19.6 Å². The number of nitro groups is 1. The van der Waals surface area contributed by atoms with E-state index in [2.05, 4.69) is 5.32 Å². The second-order valence-electron chi connectivity index (χ2n) is 3.67. The van der Waals surface area contributed by atoms with Gasteiger partial charge < -0.3 is 10.4 Å². The Morgan fingerprint density at radius 1 is 1.33 bits per heavy atom. The quantitative estimate of drug-likeness (QED) is 0.588. The second-order valence-corrected chi connectivity index (χ2v) is 3.67. The molecular formula is C11H12N2O5. The van der Waals surface area contributed by atoms with Crippen molar-refractivity contribution in [3.63, 3.8) is 0 Å². The molecule has 0 saturated carbocycles. The smallest absolute Gasteiger partial charge is 0.325 e. The molecule has 2 N–H and O–H groups in total.